The average molecular weight is 245 g/mol. The van der Waals surface area contributed by atoms with E-state index in [1.165, 1.54) is 19.3 Å². The number of hydrogen-bond donors (Lipinski definition) is 1. The number of likely N-dealkylation sites (tertiary alicyclic amines) is 1. The highest BCUT2D eigenvalue weighted by Gasteiger charge is 2.35. The van der Waals surface area contributed by atoms with Gasteiger partial charge in [0.05, 0.1) is 5.69 Å². The summed E-state index contributed by atoms with van der Waals surface area (Å²) in [4.78, 5) is 6.72. The Bertz CT molecular complexity index is 407. The number of nitrogens with two attached hydrogens (primary N) is 1. The Morgan fingerprint density at radius 2 is 1.94 bits per heavy atom. The molecule has 2 N–H and O–H groups in total. The number of rotatable bonds is 3. The minimum absolute atomic E-state index is 0.441. The molecule has 0 amide bonds. The zero-order valence-corrected chi connectivity index (χ0v) is 11.4. The smallest absolute Gasteiger partial charge is 0.196 e. The van der Waals surface area contributed by atoms with Crippen molar-refractivity contribution in [3.63, 3.8) is 0 Å². The Morgan fingerprint density at radius 3 is 2.50 bits per heavy atom. The largest absolute Gasteiger partial charge is 0.369 e. The van der Waals surface area contributed by atoms with Crippen molar-refractivity contribution in [3.8, 4) is 0 Å². The fourth-order valence-corrected chi connectivity index (χ4v) is 2.66. The molecule has 0 aliphatic carbocycles. The molecule has 0 spiro atoms. The molecule has 18 heavy (non-hydrogen) atoms. The van der Waals surface area contributed by atoms with E-state index in [9.17, 15) is 0 Å². The first-order valence-electron chi connectivity index (χ1n) is 6.83. The number of benzene rings is 1. The van der Waals surface area contributed by atoms with Gasteiger partial charge in [-0.05, 0) is 36.8 Å². The molecular weight excluding hydrogens is 222 g/mol. The van der Waals surface area contributed by atoms with Gasteiger partial charge >= 0.3 is 0 Å². The van der Waals surface area contributed by atoms with Crippen LogP contribution in [0.25, 0.3) is 0 Å². The van der Waals surface area contributed by atoms with Crippen molar-refractivity contribution in [2.24, 2.45) is 16.1 Å². The lowest BCUT2D eigenvalue weighted by atomic mass is 9.82. The fourth-order valence-electron chi connectivity index (χ4n) is 2.66. The summed E-state index contributed by atoms with van der Waals surface area (Å²) in [6, 6.07) is 9.92. The lowest BCUT2D eigenvalue weighted by Gasteiger charge is -2.26. The van der Waals surface area contributed by atoms with Crippen molar-refractivity contribution in [1.29, 1.82) is 0 Å². The second-order valence-electron chi connectivity index (χ2n) is 5.18. The maximum Gasteiger partial charge on any atom is 0.196 e. The van der Waals surface area contributed by atoms with E-state index >= 15 is 0 Å². The van der Waals surface area contributed by atoms with E-state index in [1.807, 2.05) is 30.3 Å². The molecule has 1 aliphatic heterocycles. The van der Waals surface area contributed by atoms with Crippen molar-refractivity contribution in [2.75, 3.05) is 13.1 Å². The number of aliphatic imine (C=N–C) groups is 1. The van der Waals surface area contributed by atoms with Gasteiger partial charge in [0.15, 0.2) is 5.96 Å². The van der Waals surface area contributed by atoms with E-state index in [0.717, 1.165) is 18.8 Å². The highest BCUT2D eigenvalue weighted by molar-refractivity contribution is 5.81. The summed E-state index contributed by atoms with van der Waals surface area (Å²) < 4.78 is 0. The minimum Gasteiger partial charge on any atom is -0.369 e. The topological polar surface area (TPSA) is 41.6 Å². The molecule has 98 valence electrons. The maximum atomic E-state index is 6.12. The first-order chi connectivity index (χ1) is 8.69. The summed E-state index contributed by atoms with van der Waals surface area (Å²) >= 11 is 0. The predicted molar refractivity (Wildman–Crippen MR) is 76.9 cm³/mol. The van der Waals surface area contributed by atoms with Crippen molar-refractivity contribution in [2.45, 2.75) is 33.1 Å². The van der Waals surface area contributed by atoms with Crippen LogP contribution in [0.5, 0.6) is 0 Å². The van der Waals surface area contributed by atoms with Gasteiger partial charge in [-0.2, -0.15) is 0 Å². The molecule has 0 saturated carbocycles. The van der Waals surface area contributed by atoms with Crippen LogP contribution in [0.1, 0.15) is 33.1 Å². The number of nitrogens with zero attached hydrogens (tertiary/aromatic N) is 2. The lowest BCUT2D eigenvalue weighted by molar-refractivity contribution is 0.277. The quantitative estimate of drug-likeness (QED) is 0.656. The normalized spacial score (nSPS) is 19.2. The van der Waals surface area contributed by atoms with Gasteiger partial charge in [-0.15, -0.1) is 0 Å². The predicted octanol–water partition coefficient (Wildman–Crippen LogP) is 3.14. The van der Waals surface area contributed by atoms with E-state index in [-0.39, 0.29) is 0 Å². The number of hydrogen-bond acceptors (Lipinski definition) is 1. The monoisotopic (exact) mass is 245 g/mol. The van der Waals surface area contributed by atoms with Gasteiger partial charge in [0.25, 0.3) is 0 Å². The molecule has 1 aromatic carbocycles. The molecule has 3 heteroatoms. The van der Waals surface area contributed by atoms with Crippen molar-refractivity contribution >= 4 is 11.6 Å². The molecule has 1 aliphatic rings. The third-order valence-corrected chi connectivity index (χ3v) is 4.26. The van der Waals surface area contributed by atoms with E-state index in [2.05, 4.69) is 23.7 Å². The molecule has 0 bridgehead atoms. The van der Waals surface area contributed by atoms with Gasteiger partial charge in [-0.3, -0.25) is 0 Å². The van der Waals surface area contributed by atoms with Crippen LogP contribution in [-0.2, 0) is 0 Å². The molecule has 1 aromatic rings. The molecule has 1 heterocycles. The van der Waals surface area contributed by atoms with E-state index in [0.29, 0.717) is 11.4 Å². The molecule has 0 atom stereocenters. The SMILES string of the molecule is CCC1(CC)CCN(C(N)=Nc2ccccc2)C1. The van der Waals surface area contributed by atoms with Gasteiger partial charge in [-0.25, -0.2) is 4.99 Å². The second kappa shape index (κ2) is 5.42. The maximum absolute atomic E-state index is 6.12. The molecule has 1 fully saturated rings. The average Bonchev–Trinajstić information content (AvgIpc) is 2.85. The summed E-state index contributed by atoms with van der Waals surface area (Å²) in [5.41, 5.74) is 7.49. The highest BCUT2D eigenvalue weighted by atomic mass is 15.3. The first kappa shape index (κ1) is 12.9. The van der Waals surface area contributed by atoms with Gasteiger partial charge in [-0.1, -0.05) is 32.0 Å². The van der Waals surface area contributed by atoms with Crippen molar-refractivity contribution < 1.29 is 0 Å². The van der Waals surface area contributed by atoms with Gasteiger partial charge in [0, 0.05) is 13.1 Å². The lowest BCUT2D eigenvalue weighted by Crippen LogP contribution is -2.37. The van der Waals surface area contributed by atoms with Crippen LogP contribution in [0.3, 0.4) is 0 Å². The summed E-state index contributed by atoms with van der Waals surface area (Å²) in [5, 5.41) is 0. The van der Waals surface area contributed by atoms with Crippen molar-refractivity contribution in [3.05, 3.63) is 30.3 Å². The third kappa shape index (κ3) is 2.66. The van der Waals surface area contributed by atoms with Crippen LogP contribution in [0.15, 0.2) is 35.3 Å². The molecule has 0 aromatic heterocycles. The van der Waals surface area contributed by atoms with Crippen LogP contribution in [0.2, 0.25) is 0 Å². The van der Waals surface area contributed by atoms with E-state index < -0.39 is 0 Å². The number of para-hydroxylation sites is 1. The Labute approximate surface area is 110 Å². The molecule has 0 unspecified atom stereocenters. The van der Waals surface area contributed by atoms with Crippen LogP contribution >= 0.6 is 0 Å². The molecular formula is C15H23N3. The minimum atomic E-state index is 0.441. The summed E-state index contributed by atoms with van der Waals surface area (Å²) in [6.07, 6.45) is 3.67. The van der Waals surface area contributed by atoms with E-state index in [4.69, 9.17) is 5.73 Å². The molecule has 0 radical (unpaired) electrons. The van der Waals surface area contributed by atoms with Crippen molar-refractivity contribution in [1.82, 2.24) is 4.90 Å². The summed E-state index contributed by atoms with van der Waals surface area (Å²) in [5.74, 6) is 0.657. The second-order valence-corrected chi connectivity index (χ2v) is 5.18. The summed E-state index contributed by atoms with van der Waals surface area (Å²) in [7, 11) is 0. The Balaban J connectivity index is 2.08. The fraction of sp³-hybridized carbons (Fsp3) is 0.533. The standard InChI is InChI=1S/C15H23N3/c1-3-15(4-2)10-11-18(12-15)14(16)17-13-8-6-5-7-9-13/h5-9H,3-4,10-12H2,1-2H3,(H2,16,17). The van der Waals surface area contributed by atoms with Gasteiger partial charge in [0.2, 0.25) is 0 Å². The Hall–Kier alpha value is -1.51. The zero-order valence-electron chi connectivity index (χ0n) is 11.4. The number of guanidine groups is 1. The summed E-state index contributed by atoms with van der Waals surface area (Å²) in [6.45, 7) is 6.63. The van der Waals surface area contributed by atoms with Crippen LogP contribution in [0.4, 0.5) is 5.69 Å². The van der Waals surface area contributed by atoms with Gasteiger partial charge < -0.3 is 10.6 Å². The van der Waals surface area contributed by atoms with Crippen LogP contribution in [0, 0.1) is 5.41 Å². The third-order valence-electron chi connectivity index (χ3n) is 4.26. The molecule has 3 nitrogen and oxygen atoms in total. The Morgan fingerprint density at radius 1 is 1.28 bits per heavy atom. The highest BCUT2D eigenvalue weighted by Crippen LogP contribution is 2.36. The van der Waals surface area contributed by atoms with Crippen LogP contribution in [-0.4, -0.2) is 23.9 Å². The molecule has 1 saturated heterocycles. The van der Waals surface area contributed by atoms with Crippen LogP contribution < -0.4 is 5.73 Å². The molecule has 2 rings (SSSR count). The van der Waals surface area contributed by atoms with E-state index in [1.54, 1.807) is 0 Å². The first-order valence-corrected chi connectivity index (χ1v) is 6.83. The van der Waals surface area contributed by atoms with Gasteiger partial charge in [0.1, 0.15) is 0 Å². The Kier molecular flexibility index (Phi) is 3.90. The zero-order chi connectivity index (χ0) is 13.0.